The van der Waals surface area contributed by atoms with Crippen molar-refractivity contribution >= 4 is 0 Å². The lowest BCUT2D eigenvalue weighted by Gasteiger charge is -2.09. The Labute approximate surface area is 88.3 Å². The number of ether oxygens (including phenoxy) is 2. The van der Waals surface area contributed by atoms with E-state index >= 15 is 0 Å². The maximum Gasteiger partial charge on any atom is 0.161 e. The molecule has 80 valence electrons. The maximum absolute atomic E-state index is 8.20. The van der Waals surface area contributed by atoms with E-state index in [0.29, 0.717) is 24.7 Å². The standard InChI is InChI=1S/C10H13N3O2/c1-3-15-9-5-4-8(7-12-13-11)6-10(9)14-2/h4-6H,3,7H2,1-2H3. The van der Waals surface area contributed by atoms with Crippen LogP contribution < -0.4 is 9.47 Å². The van der Waals surface area contributed by atoms with Gasteiger partial charge >= 0.3 is 0 Å². The molecule has 0 spiro atoms. The van der Waals surface area contributed by atoms with Crippen molar-refractivity contribution in [1.29, 1.82) is 0 Å². The van der Waals surface area contributed by atoms with Crippen molar-refractivity contribution in [3.05, 3.63) is 34.2 Å². The highest BCUT2D eigenvalue weighted by Gasteiger charge is 2.04. The van der Waals surface area contributed by atoms with Crippen LogP contribution in [0.1, 0.15) is 12.5 Å². The molecule has 0 saturated heterocycles. The summed E-state index contributed by atoms with van der Waals surface area (Å²) < 4.78 is 10.5. The zero-order valence-electron chi connectivity index (χ0n) is 8.80. The number of methoxy groups -OCH3 is 1. The molecule has 5 nitrogen and oxygen atoms in total. The first-order valence-electron chi connectivity index (χ1n) is 4.62. The van der Waals surface area contributed by atoms with E-state index in [9.17, 15) is 0 Å². The summed E-state index contributed by atoms with van der Waals surface area (Å²) in [6, 6.07) is 5.46. The quantitative estimate of drug-likeness (QED) is 0.423. The van der Waals surface area contributed by atoms with Gasteiger partial charge in [-0.3, -0.25) is 0 Å². The van der Waals surface area contributed by atoms with Crippen LogP contribution in [0, 0.1) is 0 Å². The van der Waals surface area contributed by atoms with Gasteiger partial charge in [0.1, 0.15) is 0 Å². The average molecular weight is 207 g/mol. The molecule has 0 bridgehead atoms. The molecular formula is C10H13N3O2. The summed E-state index contributed by atoms with van der Waals surface area (Å²) >= 11 is 0. The molecule has 0 aromatic heterocycles. The molecule has 15 heavy (non-hydrogen) atoms. The Hall–Kier alpha value is -1.87. The van der Waals surface area contributed by atoms with Crippen LogP contribution >= 0.6 is 0 Å². The fraction of sp³-hybridized carbons (Fsp3) is 0.400. The summed E-state index contributed by atoms with van der Waals surface area (Å²) in [5.74, 6) is 1.35. The molecule has 0 atom stereocenters. The molecule has 0 radical (unpaired) electrons. The summed E-state index contributed by atoms with van der Waals surface area (Å²) in [5, 5.41) is 3.48. The average Bonchev–Trinajstić information content (AvgIpc) is 2.28. The fourth-order valence-electron chi connectivity index (χ4n) is 1.20. The van der Waals surface area contributed by atoms with Crippen molar-refractivity contribution in [2.24, 2.45) is 5.11 Å². The van der Waals surface area contributed by atoms with Gasteiger partial charge in [0.15, 0.2) is 11.5 Å². The predicted octanol–water partition coefficient (Wildman–Crippen LogP) is 2.90. The van der Waals surface area contributed by atoms with E-state index in [1.54, 1.807) is 13.2 Å². The lowest BCUT2D eigenvalue weighted by Crippen LogP contribution is -1.96. The molecule has 1 aromatic rings. The van der Waals surface area contributed by atoms with Crippen molar-refractivity contribution in [2.45, 2.75) is 13.5 Å². The molecule has 0 N–H and O–H groups in total. The minimum absolute atomic E-state index is 0.319. The number of benzene rings is 1. The Kier molecular flexibility index (Phi) is 4.31. The molecule has 1 rings (SSSR count). The van der Waals surface area contributed by atoms with Gasteiger partial charge in [0.25, 0.3) is 0 Å². The Morgan fingerprint density at radius 3 is 2.80 bits per heavy atom. The van der Waals surface area contributed by atoms with Crippen LogP contribution in [0.3, 0.4) is 0 Å². The summed E-state index contributed by atoms with van der Waals surface area (Å²) in [5.41, 5.74) is 9.09. The van der Waals surface area contributed by atoms with Crippen LogP contribution in [0.4, 0.5) is 0 Å². The number of azide groups is 1. The molecule has 0 heterocycles. The Morgan fingerprint density at radius 1 is 1.40 bits per heavy atom. The summed E-state index contributed by atoms with van der Waals surface area (Å²) in [7, 11) is 1.58. The number of rotatable bonds is 5. The van der Waals surface area contributed by atoms with Crippen LogP contribution in [-0.2, 0) is 6.54 Å². The van der Waals surface area contributed by atoms with E-state index in [-0.39, 0.29) is 0 Å². The van der Waals surface area contributed by atoms with Crippen LogP contribution in [-0.4, -0.2) is 13.7 Å². The van der Waals surface area contributed by atoms with Crippen LogP contribution in [0.2, 0.25) is 0 Å². The van der Waals surface area contributed by atoms with Crippen molar-refractivity contribution in [3.8, 4) is 11.5 Å². The minimum Gasteiger partial charge on any atom is -0.493 e. The highest BCUT2D eigenvalue weighted by atomic mass is 16.5. The Bertz CT molecular complexity index is 373. The third kappa shape index (κ3) is 3.07. The first-order chi connectivity index (χ1) is 7.31. The Morgan fingerprint density at radius 2 is 2.20 bits per heavy atom. The van der Waals surface area contributed by atoms with Gasteiger partial charge in [0.2, 0.25) is 0 Å². The summed E-state index contributed by atoms with van der Waals surface area (Å²) in [4.78, 5) is 2.70. The van der Waals surface area contributed by atoms with Gasteiger partial charge in [-0.1, -0.05) is 11.2 Å². The number of hydrogen-bond donors (Lipinski definition) is 0. The molecule has 0 aliphatic carbocycles. The first kappa shape index (κ1) is 11.2. The highest BCUT2D eigenvalue weighted by Crippen LogP contribution is 2.28. The smallest absolute Gasteiger partial charge is 0.161 e. The van der Waals surface area contributed by atoms with E-state index in [0.717, 1.165) is 5.56 Å². The monoisotopic (exact) mass is 207 g/mol. The summed E-state index contributed by atoms with van der Waals surface area (Å²) in [6.07, 6.45) is 0. The predicted molar refractivity (Wildman–Crippen MR) is 57.0 cm³/mol. The second-order valence-electron chi connectivity index (χ2n) is 2.81. The van der Waals surface area contributed by atoms with E-state index in [4.69, 9.17) is 15.0 Å². The van der Waals surface area contributed by atoms with Crippen molar-refractivity contribution in [3.63, 3.8) is 0 Å². The topological polar surface area (TPSA) is 67.2 Å². The highest BCUT2D eigenvalue weighted by molar-refractivity contribution is 5.42. The van der Waals surface area contributed by atoms with Gasteiger partial charge in [-0.25, -0.2) is 0 Å². The molecule has 0 fully saturated rings. The second kappa shape index (κ2) is 5.78. The van der Waals surface area contributed by atoms with Gasteiger partial charge in [0.05, 0.1) is 20.3 Å². The van der Waals surface area contributed by atoms with E-state index in [1.165, 1.54) is 0 Å². The molecule has 5 heteroatoms. The van der Waals surface area contributed by atoms with E-state index in [1.807, 2.05) is 19.1 Å². The molecule has 0 unspecified atom stereocenters. The van der Waals surface area contributed by atoms with Gasteiger partial charge in [0, 0.05) is 4.91 Å². The molecule has 0 aliphatic rings. The number of hydrogen-bond acceptors (Lipinski definition) is 3. The van der Waals surface area contributed by atoms with E-state index < -0.39 is 0 Å². The summed E-state index contributed by atoms with van der Waals surface area (Å²) in [6.45, 7) is 2.82. The lowest BCUT2D eigenvalue weighted by atomic mass is 10.2. The van der Waals surface area contributed by atoms with Gasteiger partial charge in [-0.05, 0) is 30.2 Å². The minimum atomic E-state index is 0.319. The number of nitrogens with zero attached hydrogens (tertiary/aromatic N) is 3. The van der Waals surface area contributed by atoms with Crippen LogP contribution in [0.25, 0.3) is 10.4 Å². The molecule has 1 aromatic carbocycles. The second-order valence-corrected chi connectivity index (χ2v) is 2.81. The normalized spacial score (nSPS) is 9.20. The fourth-order valence-corrected chi connectivity index (χ4v) is 1.20. The lowest BCUT2D eigenvalue weighted by molar-refractivity contribution is 0.310. The zero-order valence-corrected chi connectivity index (χ0v) is 8.80. The van der Waals surface area contributed by atoms with Gasteiger partial charge < -0.3 is 9.47 Å². The van der Waals surface area contributed by atoms with Crippen molar-refractivity contribution < 1.29 is 9.47 Å². The largest absolute Gasteiger partial charge is 0.493 e. The molecular weight excluding hydrogens is 194 g/mol. The first-order valence-corrected chi connectivity index (χ1v) is 4.62. The Balaban J connectivity index is 2.90. The zero-order chi connectivity index (χ0) is 11.1. The van der Waals surface area contributed by atoms with Gasteiger partial charge in [-0.2, -0.15) is 0 Å². The van der Waals surface area contributed by atoms with Crippen molar-refractivity contribution in [2.75, 3.05) is 13.7 Å². The SMILES string of the molecule is CCOc1ccc(CN=[N+]=[N-])cc1OC. The maximum atomic E-state index is 8.20. The third-order valence-corrected chi connectivity index (χ3v) is 1.84. The molecule has 0 aliphatic heterocycles. The molecule has 0 amide bonds. The van der Waals surface area contributed by atoms with Crippen LogP contribution in [0.15, 0.2) is 23.3 Å². The van der Waals surface area contributed by atoms with Crippen molar-refractivity contribution in [1.82, 2.24) is 0 Å². The van der Waals surface area contributed by atoms with Crippen LogP contribution in [0.5, 0.6) is 11.5 Å². The van der Waals surface area contributed by atoms with E-state index in [2.05, 4.69) is 10.0 Å². The third-order valence-electron chi connectivity index (χ3n) is 1.84. The van der Waals surface area contributed by atoms with Gasteiger partial charge in [-0.15, -0.1) is 0 Å². The molecule has 0 saturated carbocycles.